The van der Waals surface area contributed by atoms with E-state index in [1.165, 1.54) is 5.56 Å². The number of nitrogens with zero attached hydrogens (tertiary/aromatic N) is 2. The van der Waals surface area contributed by atoms with Crippen molar-refractivity contribution in [2.75, 3.05) is 0 Å². The first-order valence-corrected chi connectivity index (χ1v) is 9.32. The molecule has 1 N–H and O–H groups in total. The number of aromatic nitrogens is 2. The fourth-order valence-corrected chi connectivity index (χ4v) is 2.82. The number of amides is 1. The molecule has 0 unspecified atom stereocenters. The third-order valence-electron chi connectivity index (χ3n) is 4.13. The number of ether oxygens (including phenoxy) is 1. The molecule has 140 valence electrons. The normalized spacial score (nSPS) is 11.9. The molecule has 7 heteroatoms. The fourth-order valence-electron chi connectivity index (χ4n) is 2.42. The van der Waals surface area contributed by atoms with Crippen molar-refractivity contribution < 1.29 is 14.1 Å². The Hall–Kier alpha value is -2.67. The van der Waals surface area contributed by atoms with E-state index in [1.54, 1.807) is 6.92 Å². The second kappa shape index (κ2) is 8.35. The zero-order chi connectivity index (χ0) is 19.4. The second-order valence-electron chi connectivity index (χ2n) is 6.25. The van der Waals surface area contributed by atoms with E-state index in [2.05, 4.69) is 31.4 Å². The van der Waals surface area contributed by atoms with Gasteiger partial charge in [-0.15, -0.1) is 0 Å². The van der Waals surface area contributed by atoms with E-state index in [1.807, 2.05) is 56.3 Å². The number of halogens is 1. The SMILES string of the molecule is Cc1ccc(O[C@H](C)C(=O)NCc2nc(-c3cccc(Br)c3)no2)cc1C. The molecule has 1 atom stereocenters. The maximum absolute atomic E-state index is 12.3. The third kappa shape index (κ3) is 4.95. The maximum Gasteiger partial charge on any atom is 0.261 e. The molecule has 6 nitrogen and oxygen atoms in total. The molecule has 1 heterocycles. The predicted octanol–water partition coefficient (Wildman–Crippen LogP) is 4.20. The van der Waals surface area contributed by atoms with Gasteiger partial charge in [0.1, 0.15) is 5.75 Å². The largest absolute Gasteiger partial charge is 0.481 e. The first-order valence-electron chi connectivity index (χ1n) is 8.52. The van der Waals surface area contributed by atoms with E-state index in [0.717, 1.165) is 15.6 Å². The summed E-state index contributed by atoms with van der Waals surface area (Å²) >= 11 is 3.41. The summed E-state index contributed by atoms with van der Waals surface area (Å²) in [5, 5.41) is 6.70. The molecule has 0 aliphatic rings. The highest BCUT2D eigenvalue weighted by Gasteiger charge is 2.16. The Bertz CT molecular complexity index is 955. The van der Waals surface area contributed by atoms with Crippen molar-refractivity contribution in [2.24, 2.45) is 0 Å². The van der Waals surface area contributed by atoms with Crippen LogP contribution >= 0.6 is 15.9 Å². The minimum atomic E-state index is -0.639. The Morgan fingerprint density at radius 1 is 1.22 bits per heavy atom. The predicted molar refractivity (Wildman–Crippen MR) is 105 cm³/mol. The van der Waals surface area contributed by atoms with E-state index in [4.69, 9.17) is 9.26 Å². The van der Waals surface area contributed by atoms with Gasteiger partial charge < -0.3 is 14.6 Å². The maximum atomic E-state index is 12.3. The molecule has 3 rings (SSSR count). The topological polar surface area (TPSA) is 77.2 Å². The summed E-state index contributed by atoms with van der Waals surface area (Å²) in [6, 6.07) is 13.3. The van der Waals surface area contributed by atoms with Gasteiger partial charge in [-0.3, -0.25) is 4.79 Å². The molecule has 3 aromatic rings. The van der Waals surface area contributed by atoms with Gasteiger partial charge in [-0.2, -0.15) is 4.98 Å². The van der Waals surface area contributed by atoms with Gasteiger partial charge in [-0.25, -0.2) is 0 Å². The number of carbonyl (C=O) groups excluding carboxylic acids is 1. The van der Waals surface area contributed by atoms with E-state index in [0.29, 0.717) is 17.5 Å². The number of hydrogen-bond acceptors (Lipinski definition) is 5. The summed E-state index contributed by atoms with van der Waals surface area (Å²) in [6.07, 6.45) is -0.639. The average Bonchev–Trinajstić information content (AvgIpc) is 3.12. The van der Waals surface area contributed by atoms with Gasteiger partial charge in [0.25, 0.3) is 5.91 Å². The van der Waals surface area contributed by atoms with Crippen LogP contribution in [0.3, 0.4) is 0 Å². The molecule has 0 bridgehead atoms. The van der Waals surface area contributed by atoms with Crippen molar-refractivity contribution in [2.45, 2.75) is 33.4 Å². The van der Waals surface area contributed by atoms with Crippen LogP contribution in [-0.2, 0) is 11.3 Å². The Labute approximate surface area is 166 Å². The number of benzene rings is 2. The van der Waals surface area contributed by atoms with Gasteiger partial charge in [0, 0.05) is 10.0 Å². The summed E-state index contributed by atoms with van der Waals surface area (Å²) in [7, 11) is 0. The smallest absolute Gasteiger partial charge is 0.261 e. The summed E-state index contributed by atoms with van der Waals surface area (Å²) in [4.78, 5) is 16.6. The Kier molecular flexibility index (Phi) is 5.91. The summed E-state index contributed by atoms with van der Waals surface area (Å²) in [5.41, 5.74) is 3.13. The van der Waals surface area contributed by atoms with E-state index >= 15 is 0 Å². The zero-order valence-corrected chi connectivity index (χ0v) is 16.9. The minimum absolute atomic E-state index is 0.139. The molecule has 0 fully saturated rings. The van der Waals surface area contributed by atoms with Crippen LogP contribution in [0.5, 0.6) is 5.75 Å². The fraction of sp³-hybridized carbons (Fsp3) is 0.250. The highest BCUT2D eigenvalue weighted by atomic mass is 79.9. The van der Waals surface area contributed by atoms with E-state index in [-0.39, 0.29) is 12.5 Å². The average molecular weight is 430 g/mol. The standard InChI is InChI=1S/C20H20BrN3O3/c1-12-7-8-17(9-13(12)2)26-14(3)20(25)22-11-18-23-19(24-27-18)15-5-4-6-16(21)10-15/h4-10,14H,11H2,1-3H3,(H,22,25)/t14-/m1/s1. The van der Waals surface area contributed by atoms with Crippen LogP contribution in [0.1, 0.15) is 23.9 Å². The quantitative estimate of drug-likeness (QED) is 0.635. The Balaban J connectivity index is 1.56. The van der Waals surface area contributed by atoms with Gasteiger partial charge in [0.05, 0.1) is 6.54 Å². The Morgan fingerprint density at radius 3 is 2.78 bits per heavy atom. The first-order chi connectivity index (χ1) is 12.9. The van der Waals surface area contributed by atoms with Crippen LogP contribution in [0.15, 0.2) is 51.5 Å². The first kappa shape index (κ1) is 19.1. The molecule has 27 heavy (non-hydrogen) atoms. The minimum Gasteiger partial charge on any atom is -0.481 e. The molecule has 0 radical (unpaired) electrons. The van der Waals surface area contributed by atoms with Gasteiger partial charge in [0.2, 0.25) is 11.7 Å². The van der Waals surface area contributed by atoms with Gasteiger partial charge in [-0.05, 0) is 56.2 Å². The second-order valence-corrected chi connectivity index (χ2v) is 7.16. The number of nitrogens with one attached hydrogen (secondary N) is 1. The lowest BCUT2D eigenvalue weighted by molar-refractivity contribution is -0.127. The lowest BCUT2D eigenvalue weighted by Gasteiger charge is -2.15. The van der Waals surface area contributed by atoms with Crippen LogP contribution < -0.4 is 10.1 Å². The summed E-state index contributed by atoms with van der Waals surface area (Å²) < 4.78 is 11.8. The number of hydrogen-bond donors (Lipinski definition) is 1. The number of rotatable bonds is 6. The molecule has 0 saturated heterocycles. The molecule has 1 aromatic heterocycles. The van der Waals surface area contributed by atoms with Crippen molar-refractivity contribution >= 4 is 21.8 Å². The highest BCUT2D eigenvalue weighted by Crippen LogP contribution is 2.20. The van der Waals surface area contributed by atoms with Crippen LogP contribution in [0, 0.1) is 13.8 Å². The van der Waals surface area contributed by atoms with Crippen molar-refractivity contribution in [3.63, 3.8) is 0 Å². The van der Waals surface area contributed by atoms with E-state index < -0.39 is 6.10 Å². The van der Waals surface area contributed by atoms with Crippen molar-refractivity contribution in [1.82, 2.24) is 15.5 Å². The molecule has 1 amide bonds. The van der Waals surface area contributed by atoms with Gasteiger partial charge >= 0.3 is 0 Å². The molecule has 0 aliphatic carbocycles. The van der Waals surface area contributed by atoms with Crippen molar-refractivity contribution in [3.8, 4) is 17.1 Å². The molecule has 0 spiro atoms. The van der Waals surface area contributed by atoms with E-state index in [9.17, 15) is 4.79 Å². The third-order valence-corrected chi connectivity index (χ3v) is 4.62. The molecule has 0 aliphatic heterocycles. The molecule has 0 saturated carbocycles. The lowest BCUT2D eigenvalue weighted by atomic mass is 10.1. The van der Waals surface area contributed by atoms with Crippen molar-refractivity contribution in [1.29, 1.82) is 0 Å². The molecule has 2 aromatic carbocycles. The number of aryl methyl sites for hydroxylation is 2. The lowest BCUT2D eigenvalue weighted by Crippen LogP contribution is -2.36. The zero-order valence-electron chi connectivity index (χ0n) is 15.3. The van der Waals surface area contributed by atoms with Crippen LogP contribution in [0.2, 0.25) is 0 Å². The molecular formula is C20H20BrN3O3. The number of carbonyl (C=O) groups is 1. The molecular weight excluding hydrogens is 410 g/mol. The Morgan fingerprint density at radius 2 is 2.04 bits per heavy atom. The van der Waals surface area contributed by atoms with Crippen LogP contribution in [0.4, 0.5) is 0 Å². The van der Waals surface area contributed by atoms with Crippen LogP contribution in [0.25, 0.3) is 11.4 Å². The van der Waals surface area contributed by atoms with Crippen molar-refractivity contribution in [3.05, 3.63) is 64.0 Å². The van der Waals surface area contributed by atoms with Crippen LogP contribution in [-0.4, -0.2) is 22.2 Å². The monoisotopic (exact) mass is 429 g/mol. The van der Waals surface area contributed by atoms with Gasteiger partial charge in [0.15, 0.2) is 6.10 Å². The summed E-state index contributed by atoms with van der Waals surface area (Å²) in [5.74, 6) is 1.21. The summed E-state index contributed by atoms with van der Waals surface area (Å²) in [6.45, 7) is 5.87. The highest BCUT2D eigenvalue weighted by molar-refractivity contribution is 9.10. The van der Waals surface area contributed by atoms with Gasteiger partial charge in [-0.1, -0.05) is 39.3 Å².